The van der Waals surface area contributed by atoms with Crippen LogP contribution in [0.25, 0.3) is 0 Å². The van der Waals surface area contributed by atoms with E-state index in [1.165, 1.54) is 4.31 Å². The van der Waals surface area contributed by atoms with Crippen molar-refractivity contribution in [3.05, 3.63) is 0 Å². The standard InChI is InChI=1S/C10H22N2O3S/c1-4-10(7-11)8-12(5-6-15-10)16(13,14)9(2)3/h9H,4-8,11H2,1-3H3. The zero-order valence-electron chi connectivity index (χ0n) is 10.3. The Balaban J connectivity index is 2.86. The second-order valence-electron chi connectivity index (χ2n) is 4.52. The first-order valence-electron chi connectivity index (χ1n) is 5.71. The lowest BCUT2D eigenvalue weighted by molar-refractivity contribution is -0.0849. The van der Waals surface area contributed by atoms with E-state index in [4.69, 9.17) is 10.5 Å². The minimum Gasteiger partial charge on any atom is -0.371 e. The molecule has 0 radical (unpaired) electrons. The highest BCUT2D eigenvalue weighted by molar-refractivity contribution is 7.89. The van der Waals surface area contributed by atoms with E-state index < -0.39 is 20.9 Å². The first kappa shape index (κ1) is 13.9. The van der Waals surface area contributed by atoms with Crippen LogP contribution < -0.4 is 5.73 Å². The fourth-order valence-electron chi connectivity index (χ4n) is 1.81. The molecule has 0 aromatic carbocycles. The van der Waals surface area contributed by atoms with Gasteiger partial charge in [0.2, 0.25) is 10.0 Å². The summed E-state index contributed by atoms with van der Waals surface area (Å²) in [6.45, 7) is 6.95. The molecule has 1 atom stereocenters. The van der Waals surface area contributed by atoms with Crippen LogP contribution in [0.5, 0.6) is 0 Å². The van der Waals surface area contributed by atoms with Crippen molar-refractivity contribution in [2.75, 3.05) is 26.2 Å². The lowest BCUT2D eigenvalue weighted by Gasteiger charge is -2.41. The zero-order chi connectivity index (χ0) is 12.4. The van der Waals surface area contributed by atoms with Crippen molar-refractivity contribution < 1.29 is 13.2 Å². The topological polar surface area (TPSA) is 72.6 Å². The molecule has 1 saturated heterocycles. The maximum atomic E-state index is 12.0. The van der Waals surface area contributed by atoms with Crippen LogP contribution in [0.15, 0.2) is 0 Å². The van der Waals surface area contributed by atoms with Crippen molar-refractivity contribution in [2.45, 2.75) is 38.0 Å². The van der Waals surface area contributed by atoms with Crippen LogP contribution in [0.3, 0.4) is 0 Å². The Morgan fingerprint density at radius 1 is 1.50 bits per heavy atom. The molecule has 6 heteroatoms. The van der Waals surface area contributed by atoms with Crippen molar-refractivity contribution in [1.82, 2.24) is 4.31 Å². The van der Waals surface area contributed by atoms with Crippen LogP contribution in [0, 0.1) is 0 Å². The number of sulfonamides is 1. The van der Waals surface area contributed by atoms with E-state index in [-0.39, 0.29) is 0 Å². The Morgan fingerprint density at radius 2 is 2.12 bits per heavy atom. The SMILES string of the molecule is CCC1(CN)CN(S(=O)(=O)C(C)C)CCO1. The first-order chi connectivity index (χ1) is 7.38. The first-order valence-corrected chi connectivity index (χ1v) is 7.21. The van der Waals surface area contributed by atoms with E-state index in [0.717, 1.165) is 6.42 Å². The van der Waals surface area contributed by atoms with Crippen molar-refractivity contribution in [1.29, 1.82) is 0 Å². The molecular formula is C10H22N2O3S. The minimum atomic E-state index is -3.19. The fraction of sp³-hybridized carbons (Fsp3) is 1.00. The van der Waals surface area contributed by atoms with E-state index in [9.17, 15) is 8.42 Å². The zero-order valence-corrected chi connectivity index (χ0v) is 11.1. The lowest BCUT2D eigenvalue weighted by atomic mass is 10.00. The van der Waals surface area contributed by atoms with Crippen LogP contribution in [-0.4, -0.2) is 49.8 Å². The summed E-state index contributed by atoms with van der Waals surface area (Å²) in [4.78, 5) is 0. The molecule has 1 unspecified atom stereocenters. The van der Waals surface area contributed by atoms with Crippen LogP contribution in [-0.2, 0) is 14.8 Å². The number of hydrogen-bond acceptors (Lipinski definition) is 4. The average molecular weight is 250 g/mol. The largest absolute Gasteiger partial charge is 0.371 e. The third-order valence-corrected chi connectivity index (χ3v) is 5.41. The minimum absolute atomic E-state index is 0.355. The van der Waals surface area contributed by atoms with Crippen LogP contribution in [0.1, 0.15) is 27.2 Å². The summed E-state index contributed by atoms with van der Waals surface area (Å²) < 4.78 is 31.2. The molecule has 1 rings (SSSR count). The van der Waals surface area contributed by atoms with E-state index in [1.54, 1.807) is 13.8 Å². The highest BCUT2D eigenvalue weighted by Gasteiger charge is 2.39. The van der Waals surface area contributed by atoms with Gasteiger partial charge in [0.25, 0.3) is 0 Å². The van der Waals surface area contributed by atoms with Gasteiger partial charge in [0.15, 0.2) is 0 Å². The third-order valence-electron chi connectivity index (χ3n) is 3.19. The van der Waals surface area contributed by atoms with Crippen molar-refractivity contribution in [2.24, 2.45) is 5.73 Å². The fourth-order valence-corrected chi connectivity index (χ4v) is 3.15. The van der Waals surface area contributed by atoms with Gasteiger partial charge in [-0.25, -0.2) is 8.42 Å². The summed E-state index contributed by atoms with van der Waals surface area (Å²) in [6, 6.07) is 0. The Bertz CT molecular complexity index is 323. The van der Waals surface area contributed by atoms with Gasteiger partial charge >= 0.3 is 0 Å². The van der Waals surface area contributed by atoms with Gasteiger partial charge in [0, 0.05) is 19.6 Å². The van der Waals surface area contributed by atoms with Gasteiger partial charge in [0.05, 0.1) is 17.5 Å². The molecule has 0 bridgehead atoms. The molecule has 16 heavy (non-hydrogen) atoms. The highest BCUT2D eigenvalue weighted by atomic mass is 32.2. The predicted octanol–water partition coefficient (Wildman–Crippen LogP) is 0.164. The Kier molecular flexibility index (Phi) is 4.34. The molecule has 0 saturated carbocycles. The Morgan fingerprint density at radius 3 is 2.56 bits per heavy atom. The molecule has 1 aliphatic heterocycles. The van der Waals surface area contributed by atoms with Gasteiger partial charge in [-0.2, -0.15) is 4.31 Å². The predicted molar refractivity (Wildman–Crippen MR) is 63.7 cm³/mol. The number of nitrogens with zero attached hydrogens (tertiary/aromatic N) is 1. The van der Waals surface area contributed by atoms with E-state index >= 15 is 0 Å². The van der Waals surface area contributed by atoms with Crippen molar-refractivity contribution in [3.63, 3.8) is 0 Å². The number of nitrogens with two attached hydrogens (primary N) is 1. The summed E-state index contributed by atoms with van der Waals surface area (Å²) >= 11 is 0. The second kappa shape index (κ2) is 5.00. The summed E-state index contributed by atoms with van der Waals surface area (Å²) in [5.74, 6) is 0. The molecular weight excluding hydrogens is 228 g/mol. The summed E-state index contributed by atoms with van der Waals surface area (Å²) in [6.07, 6.45) is 0.730. The molecule has 1 heterocycles. The van der Waals surface area contributed by atoms with Gasteiger partial charge in [-0.3, -0.25) is 0 Å². The average Bonchev–Trinajstić information content (AvgIpc) is 2.28. The van der Waals surface area contributed by atoms with Gasteiger partial charge < -0.3 is 10.5 Å². The van der Waals surface area contributed by atoms with Crippen LogP contribution >= 0.6 is 0 Å². The molecule has 0 aliphatic carbocycles. The second-order valence-corrected chi connectivity index (χ2v) is 7.01. The molecule has 2 N–H and O–H groups in total. The molecule has 0 spiro atoms. The Hall–Kier alpha value is -0.170. The van der Waals surface area contributed by atoms with Crippen LogP contribution in [0.2, 0.25) is 0 Å². The number of rotatable bonds is 4. The quantitative estimate of drug-likeness (QED) is 0.771. The van der Waals surface area contributed by atoms with Crippen LogP contribution in [0.4, 0.5) is 0 Å². The number of ether oxygens (including phenoxy) is 1. The smallest absolute Gasteiger partial charge is 0.216 e. The highest BCUT2D eigenvalue weighted by Crippen LogP contribution is 2.24. The van der Waals surface area contributed by atoms with E-state index in [1.807, 2.05) is 6.92 Å². The van der Waals surface area contributed by atoms with Gasteiger partial charge in [0.1, 0.15) is 0 Å². The number of hydrogen-bond donors (Lipinski definition) is 1. The molecule has 0 aromatic heterocycles. The normalized spacial score (nSPS) is 28.6. The van der Waals surface area contributed by atoms with E-state index in [2.05, 4.69) is 0 Å². The van der Waals surface area contributed by atoms with Gasteiger partial charge in [-0.1, -0.05) is 6.92 Å². The lowest BCUT2D eigenvalue weighted by Crippen LogP contribution is -2.57. The summed E-state index contributed by atoms with van der Waals surface area (Å²) in [5.41, 5.74) is 5.18. The molecule has 0 aromatic rings. The van der Waals surface area contributed by atoms with Crippen molar-refractivity contribution >= 4 is 10.0 Å². The molecule has 1 aliphatic rings. The molecule has 1 fully saturated rings. The molecule has 96 valence electrons. The third kappa shape index (κ3) is 2.56. The summed E-state index contributed by atoms with van der Waals surface area (Å²) in [5, 5.41) is -0.391. The van der Waals surface area contributed by atoms with Gasteiger partial charge in [-0.15, -0.1) is 0 Å². The monoisotopic (exact) mass is 250 g/mol. The maximum absolute atomic E-state index is 12.0. The maximum Gasteiger partial charge on any atom is 0.216 e. The molecule has 5 nitrogen and oxygen atoms in total. The van der Waals surface area contributed by atoms with Crippen molar-refractivity contribution in [3.8, 4) is 0 Å². The number of morpholine rings is 1. The summed E-state index contributed by atoms with van der Waals surface area (Å²) in [7, 11) is -3.19. The van der Waals surface area contributed by atoms with E-state index in [0.29, 0.717) is 26.2 Å². The Labute approximate surface area is 98.0 Å². The molecule has 0 amide bonds. The van der Waals surface area contributed by atoms with Gasteiger partial charge in [-0.05, 0) is 20.3 Å².